The summed E-state index contributed by atoms with van der Waals surface area (Å²) in [6, 6.07) is 15.3. The fraction of sp³-hybridized carbons (Fsp3) is 0.200. The SMILES string of the molecule is NCC(Oc1ccc(CO)cc1)c1cccc(Br)c1. The van der Waals surface area contributed by atoms with Crippen LogP contribution in [0.5, 0.6) is 5.75 Å². The van der Waals surface area contributed by atoms with Crippen LogP contribution in [0, 0.1) is 0 Å². The highest BCUT2D eigenvalue weighted by Crippen LogP contribution is 2.23. The maximum absolute atomic E-state index is 9.00. The lowest BCUT2D eigenvalue weighted by Crippen LogP contribution is -2.18. The minimum atomic E-state index is -0.183. The van der Waals surface area contributed by atoms with Gasteiger partial charge in [-0.3, -0.25) is 0 Å². The maximum Gasteiger partial charge on any atom is 0.136 e. The molecule has 0 spiro atoms. The number of aliphatic hydroxyl groups is 1. The molecule has 0 fully saturated rings. The molecule has 1 unspecified atom stereocenters. The van der Waals surface area contributed by atoms with E-state index < -0.39 is 0 Å². The normalized spacial score (nSPS) is 12.2. The highest BCUT2D eigenvalue weighted by atomic mass is 79.9. The monoisotopic (exact) mass is 321 g/mol. The summed E-state index contributed by atoms with van der Waals surface area (Å²) in [7, 11) is 0. The van der Waals surface area contributed by atoms with Crippen LogP contribution in [0.2, 0.25) is 0 Å². The minimum absolute atomic E-state index is 0.0340. The van der Waals surface area contributed by atoms with Crippen LogP contribution in [0.1, 0.15) is 17.2 Å². The molecule has 0 aliphatic carbocycles. The first-order valence-corrected chi connectivity index (χ1v) is 6.84. The minimum Gasteiger partial charge on any atom is -0.484 e. The molecule has 3 nitrogen and oxygen atoms in total. The Labute approximate surface area is 121 Å². The summed E-state index contributed by atoms with van der Waals surface area (Å²) in [5.41, 5.74) is 7.67. The van der Waals surface area contributed by atoms with Gasteiger partial charge in [0.2, 0.25) is 0 Å². The van der Waals surface area contributed by atoms with E-state index in [0.717, 1.165) is 21.3 Å². The zero-order valence-corrected chi connectivity index (χ0v) is 12.0. The number of benzene rings is 2. The van der Waals surface area contributed by atoms with Gasteiger partial charge in [-0.1, -0.05) is 40.2 Å². The van der Waals surface area contributed by atoms with Crippen molar-refractivity contribution in [1.82, 2.24) is 0 Å². The molecule has 0 aliphatic rings. The maximum atomic E-state index is 9.00. The largest absolute Gasteiger partial charge is 0.484 e. The molecule has 2 aromatic rings. The molecule has 4 heteroatoms. The van der Waals surface area contributed by atoms with E-state index in [2.05, 4.69) is 15.9 Å². The number of hydrogen-bond donors (Lipinski definition) is 2. The number of aliphatic hydroxyl groups excluding tert-OH is 1. The van der Waals surface area contributed by atoms with Gasteiger partial charge in [-0.2, -0.15) is 0 Å². The molecule has 3 N–H and O–H groups in total. The standard InChI is InChI=1S/C15H16BrNO2/c16-13-3-1-2-12(8-13)15(9-17)19-14-6-4-11(10-18)5-7-14/h1-8,15,18H,9-10,17H2. The smallest absolute Gasteiger partial charge is 0.136 e. The average molecular weight is 322 g/mol. The Hall–Kier alpha value is -1.36. The molecule has 0 aromatic heterocycles. The highest BCUT2D eigenvalue weighted by Gasteiger charge is 2.11. The fourth-order valence-electron chi connectivity index (χ4n) is 1.80. The van der Waals surface area contributed by atoms with E-state index in [1.165, 1.54) is 0 Å². The van der Waals surface area contributed by atoms with Crippen LogP contribution in [0.15, 0.2) is 53.0 Å². The quantitative estimate of drug-likeness (QED) is 0.890. The second-order valence-corrected chi connectivity index (χ2v) is 5.11. The molecular formula is C15H16BrNO2. The third-order valence-corrected chi connectivity index (χ3v) is 3.31. The summed E-state index contributed by atoms with van der Waals surface area (Å²) in [6.07, 6.45) is -0.183. The highest BCUT2D eigenvalue weighted by molar-refractivity contribution is 9.10. The van der Waals surface area contributed by atoms with Crippen LogP contribution in [-0.2, 0) is 6.61 Å². The molecule has 0 amide bonds. The Morgan fingerprint density at radius 1 is 1.16 bits per heavy atom. The molecule has 0 saturated carbocycles. The summed E-state index contributed by atoms with van der Waals surface area (Å²) < 4.78 is 6.88. The first-order chi connectivity index (χ1) is 9.22. The second kappa shape index (κ2) is 6.70. The van der Waals surface area contributed by atoms with Crippen molar-refractivity contribution >= 4 is 15.9 Å². The first-order valence-electron chi connectivity index (χ1n) is 6.05. The van der Waals surface area contributed by atoms with Crippen molar-refractivity contribution in [2.24, 2.45) is 5.73 Å². The summed E-state index contributed by atoms with van der Waals surface area (Å²) >= 11 is 3.44. The Balaban J connectivity index is 2.14. The summed E-state index contributed by atoms with van der Waals surface area (Å²) in [5, 5.41) is 9.00. The second-order valence-electron chi connectivity index (χ2n) is 4.20. The van der Waals surface area contributed by atoms with Gasteiger partial charge in [-0.15, -0.1) is 0 Å². The average Bonchev–Trinajstić information content (AvgIpc) is 2.45. The molecule has 19 heavy (non-hydrogen) atoms. The molecule has 100 valence electrons. The first kappa shape index (κ1) is 14.1. The van der Waals surface area contributed by atoms with Gasteiger partial charge in [-0.05, 0) is 35.4 Å². The number of rotatable bonds is 5. The Kier molecular flexibility index (Phi) is 4.96. The lowest BCUT2D eigenvalue weighted by Gasteiger charge is -2.18. The lowest BCUT2D eigenvalue weighted by molar-refractivity contribution is 0.214. The van der Waals surface area contributed by atoms with Crippen LogP contribution < -0.4 is 10.5 Å². The summed E-state index contributed by atoms with van der Waals surface area (Å²) in [4.78, 5) is 0. The van der Waals surface area contributed by atoms with E-state index >= 15 is 0 Å². The van der Waals surface area contributed by atoms with Gasteiger partial charge in [0, 0.05) is 11.0 Å². The predicted molar refractivity (Wildman–Crippen MR) is 78.9 cm³/mol. The molecule has 0 aliphatic heterocycles. The molecule has 2 aromatic carbocycles. The third-order valence-electron chi connectivity index (χ3n) is 2.82. The summed E-state index contributed by atoms with van der Waals surface area (Å²) in [5.74, 6) is 0.743. The van der Waals surface area contributed by atoms with Crippen molar-refractivity contribution in [3.8, 4) is 5.75 Å². The molecular weight excluding hydrogens is 306 g/mol. The van der Waals surface area contributed by atoms with Crippen molar-refractivity contribution in [2.45, 2.75) is 12.7 Å². The van der Waals surface area contributed by atoms with Crippen molar-refractivity contribution in [3.05, 3.63) is 64.1 Å². The van der Waals surface area contributed by atoms with Crippen LogP contribution in [-0.4, -0.2) is 11.7 Å². The van der Waals surface area contributed by atoms with Crippen molar-refractivity contribution in [2.75, 3.05) is 6.54 Å². The predicted octanol–water partition coefficient (Wildman–Crippen LogP) is 3.02. The number of nitrogens with two attached hydrogens (primary N) is 1. The van der Waals surface area contributed by atoms with Gasteiger partial charge in [0.15, 0.2) is 0 Å². The molecule has 0 heterocycles. The Morgan fingerprint density at radius 2 is 1.89 bits per heavy atom. The van der Waals surface area contributed by atoms with Gasteiger partial charge in [0.1, 0.15) is 11.9 Å². The van der Waals surface area contributed by atoms with E-state index in [1.54, 1.807) is 0 Å². The molecule has 0 saturated heterocycles. The Morgan fingerprint density at radius 3 is 2.47 bits per heavy atom. The number of halogens is 1. The Bertz CT molecular complexity index is 528. The van der Waals surface area contributed by atoms with Crippen molar-refractivity contribution in [3.63, 3.8) is 0 Å². The molecule has 0 bridgehead atoms. The van der Waals surface area contributed by atoms with Gasteiger partial charge in [0.05, 0.1) is 6.61 Å². The van der Waals surface area contributed by atoms with E-state index in [1.807, 2.05) is 48.5 Å². The number of hydrogen-bond acceptors (Lipinski definition) is 3. The van der Waals surface area contributed by atoms with E-state index in [4.69, 9.17) is 15.6 Å². The van der Waals surface area contributed by atoms with Crippen LogP contribution in [0.25, 0.3) is 0 Å². The topological polar surface area (TPSA) is 55.5 Å². The fourth-order valence-corrected chi connectivity index (χ4v) is 2.21. The summed E-state index contributed by atoms with van der Waals surface area (Å²) in [6.45, 7) is 0.435. The molecule has 0 radical (unpaired) electrons. The van der Waals surface area contributed by atoms with Gasteiger partial charge in [0.25, 0.3) is 0 Å². The van der Waals surface area contributed by atoms with Gasteiger partial charge < -0.3 is 15.6 Å². The van der Waals surface area contributed by atoms with E-state index in [9.17, 15) is 0 Å². The zero-order chi connectivity index (χ0) is 13.7. The zero-order valence-electron chi connectivity index (χ0n) is 10.4. The molecule has 2 rings (SSSR count). The van der Waals surface area contributed by atoms with Crippen molar-refractivity contribution in [1.29, 1.82) is 0 Å². The third kappa shape index (κ3) is 3.80. The van der Waals surface area contributed by atoms with E-state index in [-0.39, 0.29) is 12.7 Å². The van der Waals surface area contributed by atoms with Crippen LogP contribution in [0.4, 0.5) is 0 Å². The van der Waals surface area contributed by atoms with Crippen LogP contribution >= 0.6 is 15.9 Å². The van der Waals surface area contributed by atoms with Gasteiger partial charge in [-0.25, -0.2) is 0 Å². The van der Waals surface area contributed by atoms with Gasteiger partial charge >= 0.3 is 0 Å². The molecule has 1 atom stereocenters. The van der Waals surface area contributed by atoms with Crippen LogP contribution in [0.3, 0.4) is 0 Å². The lowest BCUT2D eigenvalue weighted by atomic mass is 10.1. The van der Waals surface area contributed by atoms with E-state index in [0.29, 0.717) is 6.54 Å². The number of ether oxygens (including phenoxy) is 1. The van der Waals surface area contributed by atoms with Crippen molar-refractivity contribution < 1.29 is 9.84 Å².